The molecule has 0 saturated heterocycles. The summed E-state index contributed by atoms with van der Waals surface area (Å²) in [6.07, 6.45) is 0. The molecule has 1 heterocycles. The van der Waals surface area contributed by atoms with Gasteiger partial charge in [-0.25, -0.2) is 0 Å². The van der Waals surface area contributed by atoms with E-state index in [1.54, 1.807) is 18.2 Å². The fourth-order valence-corrected chi connectivity index (χ4v) is 4.14. The molecule has 3 aromatic rings. The standard InChI is InChI=1S/C19H17NO3S2/c1-13-5-3-4-6-18(13)20(25(22)23)17-11-19(24-12-17)16-9-7-15(8-10-16)14(2)21/h3-12H,1-2H3,(H,22,23)/p-1. The molecule has 1 aromatic heterocycles. The van der Waals surface area contributed by atoms with Crippen LogP contribution in [-0.2, 0) is 11.3 Å². The van der Waals surface area contributed by atoms with Crippen molar-refractivity contribution in [1.82, 2.24) is 0 Å². The molecule has 2 aromatic carbocycles. The maximum Gasteiger partial charge on any atom is 0.159 e. The van der Waals surface area contributed by atoms with Crippen molar-refractivity contribution in [3.8, 4) is 10.4 Å². The molecule has 128 valence electrons. The monoisotopic (exact) mass is 370 g/mol. The summed E-state index contributed by atoms with van der Waals surface area (Å²) < 4.78 is 24.9. The molecule has 4 nitrogen and oxygen atoms in total. The van der Waals surface area contributed by atoms with Gasteiger partial charge in [0, 0.05) is 15.8 Å². The lowest BCUT2D eigenvalue weighted by atomic mass is 10.1. The van der Waals surface area contributed by atoms with Gasteiger partial charge in [-0.3, -0.25) is 13.3 Å². The Hall–Kier alpha value is -2.28. The molecular weight excluding hydrogens is 354 g/mol. The third-order valence-corrected chi connectivity index (χ3v) is 5.55. The Labute approximate surface area is 153 Å². The first-order valence-electron chi connectivity index (χ1n) is 7.62. The van der Waals surface area contributed by atoms with Crippen molar-refractivity contribution in [3.63, 3.8) is 0 Å². The van der Waals surface area contributed by atoms with Crippen LogP contribution in [0.25, 0.3) is 10.4 Å². The van der Waals surface area contributed by atoms with E-state index in [1.807, 2.05) is 48.7 Å². The minimum Gasteiger partial charge on any atom is -0.755 e. The Kier molecular flexibility index (Phi) is 5.13. The van der Waals surface area contributed by atoms with Crippen LogP contribution in [0.4, 0.5) is 11.4 Å². The summed E-state index contributed by atoms with van der Waals surface area (Å²) in [6, 6.07) is 16.5. The molecule has 0 amide bonds. The molecule has 3 rings (SSSR count). The van der Waals surface area contributed by atoms with Gasteiger partial charge < -0.3 is 4.55 Å². The lowest BCUT2D eigenvalue weighted by Gasteiger charge is -2.26. The zero-order chi connectivity index (χ0) is 18.0. The van der Waals surface area contributed by atoms with Gasteiger partial charge in [0.2, 0.25) is 0 Å². The van der Waals surface area contributed by atoms with Gasteiger partial charge >= 0.3 is 0 Å². The first-order chi connectivity index (χ1) is 12.0. The summed E-state index contributed by atoms with van der Waals surface area (Å²) >= 11 is -0.960. The van der Waals surface area contributed by atoms with Crippen molar-refractivity contribution < 1.29 is 13.6 Å². The normalized spacial score (nSPS) is 12.0. The van der Waals surface area contributed by atoms with Crippen molar-refractivity contribution >= 4 is 39.8 Å². The van der Waals surface area contributed by atoms with E-state index in [4.69, 9.17) is 0 Å². The zero-order valence-corrected chi connectivity index (χ0v) is 15.4. The first kappa shape index (κ1) is 17.5. The number of carbonyl (C=O) groups excluding carboxylic acids is 1. The van der Waals surface area contributed by atoms with Gasteiger partial charge in [0.15, 0.2) is 5.78 Å². The smallest absolute Gasteiger partial charge is 0.159 e. The van der Waals surface area contributed by atoms with Crippen LogP contribution in [0.2, 0.25) is 0 Å². The van der Waals surface area contributed by atoms with E-state index in [0.717, 1.165) is 16.0 Å². The molecule has 0 bridgehead atoms. The molecule has 0 aliphatic heterocycles. The second-order valence-corrected chi connectivity index (χ2v) is 7.31. The third kappa shape index (κ3) is 3.71. The number of benzene rings is 2. The van der Waals surface area contributed by atoms with E-state index in [-0.39, 0.29) is 5.78 Å². The van der Waals surface area contributed by atoms with Crippen molar-refractivity contribution in [2.45, 2.75) is 13.8 Å². The predicted octanol–water partition coefficient (Wildman–Crippen LogP) is 4.86. The quantitative estimate of drug-likeness (QED) is 0.476. The van der Waals surface area contributed by atoms with Crippen LogP contribution in [-0.4, -0.2) is 14.5 Å². The van der Waals surface area contributed by atoms with Crippen molar-refractivity contribution in [2.24, 2.45) is 0 Å². The number of hydrogen-bond donors (Lipinski definition) is 0. The molecule has 0 saturated carbocycles. The maximum atomic E-state index is 11.8. The van der Waals surface area contributed by atoms with Crippen molar-refractivity contribution in [2.75, 3.05) is 4.31 Å². The lowest BCUT2D eigenvalue weighted by Crippen LogP contribution is -2.19. The van der Waals surface area contributed by atoms with Gasteiger partial charge in [0.25, 0.3) is 0 Å². The van der Waals surface area contributed by atoms with Crippen LogP contribution in [0, 0.1) is 6.92 Å². The molecule has 6 heteroatoms. The number of anilines is 2. The second kappa shape index (κ2) is 7.31. The van der Waals surface area contributed by atoms with E-state index >= 15 is 0 Å². The highest BCUT2D eigenvalue weighted by Gasteiger charge is 2.15. The summed E-state index contributed by atoms with van der Waals surface area (Å²) in [7, 11) is 0. The van der Waals surface area contributed by atoms with Crippen LogP contribution < -0.4 is 4.31 Å². The fourth-order valence-electron chi connectivity index (χ4n) is 2.55. The Morgan fingerprint density at radius 3 is 2.40 bits per heavy atom. The number of rotatable bonds is 5. The number of thiophene rings is 1. The highest BCUT2D eigenvalue weighted by Crippen LogP contribution is 2.36. The number of para-hydroxylation sites is 1. The summed E-state index contributed by atoms with van der Waals surface area (Å²) in [5.41, 5.74) is 3.71. The van der Waals surface area contributed by atoms with Crippen molar-refractivity contribution in [3.05, 3.63) is 71.1 Å². The Morgan fingerprint density at radius 1 is 1.12 bits per heavy atom. The average molecular weight is 370 g/mol. The number of ketones is 1. The minimum absolute atomic E-state index is 0.0194. The van der Waals surface area contributed by atoms with Gasteiger partial charge in [-0.15, -0.1) is 11.3 Å². The summed E-state index contributed by atoms with van der Waals surface area (Å²) in [5.74, 6) is 0.0194. The zero-order valence-electron chi connectivity index (χ0n) is 13.8. The topological polar surface area (TPSA) is 60.4 Å². The molecule has 0 N–H and O–H groups in total. The number of aryl methyl sites for hydroxylation is 1. The third-order valence-electron chi connectivity index (χ3n) is 3.88. The summed E-state index contributed by atoms with van der Waals surface area (Å²) in [5, 5.41) is 1.82. The van der Waals surface area contributed by atoms with E-state index in [1.165, 1.54) is 22.6 Å². The molecular formula is C19H16NO3S2-. The SMILES string of the molecule is CC(=O)c1ccc(-c2cc(N(c3ccccc3C)S(=O)[O-])cs2)cc1. The highest BCUT2D eigenvalue weighted by molar-refractivity contribution is 7.81. The molecule has 0 radical (unpaired) electrons. The Bertz CT molecular complexity index is 932. The molecule has 1 unspecified atom stereocenters. The van der Waals surface area contributed by atoms with Crippen LogP contribution in [0.1, 0.15) is 22.8 Å². The molecule has 1 atom stereocenters. The first-order valence-corrected chi connectivity index (χ1v) is 9.53. The van der Waals surface area contributed by atoms with Crippen LogP contribution in [0.5, 0.6) is 0 Å². The average Bonchev–Trinajstić information content (AvgIpc) is 3.06. The Balaban J connectivity index is 1.97. The van der Waals surface area contributed by atoms with Gasteiger partial charge in [0.05, 0.1) is 22.6 Å². The maximum absolute atomic E-state index is 11.8. The number of hydrogen-bond acceptors (Lipinski definition) is 4. The van der Waals surface area contributed by atoms with Crippen LogP contribution in [0.15, 0.2) is 60.0 Å². The number of nitrogens with zero attached hydrogens (tertiary/aromatic N) is 1. The minimum atomic E-state index is -2.42. The van der Waals surface area contributed by atoms with E-state index in [2.05, 4.69) is 0 Å². The fraction of sp³-hybridized carbons (Fsp3) is 0.105. The molecule has 0 aliphatic rings. The van der Waals surface area contributed by atoms with Crippen molar-refractivity contribution in [1.29, 1.82) is 0 Å². The van der Waals surface area contributed by atoms with E-state index < -0.39 is 11.3 Å². The van der Waals surface area contributed by atoms with E-state index in [9.17, 15) is 13.6 Å². The Morgan fingerprint density at radius 2 is 1.80 bits per heavy atom. The molecule has 25 heavy (non-hydrogen) atoms. The van der Waals surface area contributed by atoms with Gasteiger partial charge in [-0.05, 0) is 37.1 Å². The van der Waals surface area contributed by atoms with Gasteiger partial charge in [0.1, 0.15) is 0 Å². The lowest BCUT2D eigenvalue weighted by molar-refractivity contribution is 0.101. The predicted molar refractivity (Wildman–Crippen MR) is 102 cm³/mol. The van der Waals surface area contributed by atoms with Gasteiger partial charge in [-0.1, -0.05) is 42.5 Å². The number of Topliss-reactive ketones (excluding diaryl/α,β-unsaturated/α-hetero) is 1. The van der Waals surface area contributed by atoms with Crippen LogP contribution in [0.3, 0.4) is 0 Å². The molecule has 0 aliphatic carbocycles. The molecule has 0 fully saturated rings. The largest absolute Gasteiger partial charge is 0.755 e. The summed E-state index contributed by atoms with van der Waals surface area (Å²) in [6.45, 7) is 3.41. The molecule has 0 spiro atoms. The summed E-state index contributed by atoms with van der Waals surface area (Å²) in [4.78, 5) is 12.3. The van der Waals surface area contributed by atoms with Gasteiger partial charge in [-0.2, -0.15) is 0 Å². The van der Waals surface area contributed by atoms with E-state index in [0.29, 0.717) is 16.9 Å². The van der Waals surface area contributed by atoms with Crippen LogP contribution >= 0.6 is 11.3 Å². The highest BCUT2D eigenvalue weighted by atomic mass is 32.2. The second-order valence-electron chi connectivity index (χ2n) is 5.60. The number of carbonyl (C=O) groups is 1.